The normalized spacial score (nSPS) is 17.1. The van der Waals surface area contributed by atoms with E-state index in [-0.39, 0.29) is 17.4 Å². The first-order valence-electron chi connectivity index (χ1n) is 10.5. The summed E-state index contributed by atoms with van der Waals surface area (Å²) in [5.74, 6) is 0.334. The summed E-state index contributed by atoms with van der Waals surface area (Å²) in [5, 5.41) is 16.8. The maximum atomic E-state index is 11.3. The highest BCUT2D eigenvalue weighted by Crippen LogP contribution is 2.42. The molecule has 0 spiro atoms. The van der Waals surface area contributed by atoms with Gasteiger partial charge in [-0.05, 0) is 35.1 Å². The molecular weight excluding hydrogens is 394 g/mol. The van der Waals surface area contributed by atoms with Crippen LogP contribution in [0.15, 0.2) is 30.5 Å². The lowest BCUT2D eigenvalue weighted by Gasteiger charge is -2.28. The molecule has 7 nitrogen and oxygen atoms in total. The zero-order valence-electron chi connectivity index (χ0n) is 18.9. The van der Waals surface area contributed by atoms with E-state index in [2.05, 4.69) is 46.5 Å². The van der Waals surface area contributed by atoms with E-state index in [9.17, 15) is 9.90 Å². The van der Waals surface area contributed by atoms with Gasteiger partial charge in [0, 0.05) is 28.3 Å². The second kappa shape index (κ2) is 7.25. The molecule has 164 valence electrons. The van der Waals surface area contributed by atoms with E-state index in [0.29, 0.717) is 17.9 Å². The first kappa shape index (κ1) is 21.2. The Kier molecular flexibility index (Phi) is 4.95. The number of carbonyl (C=O) groups is 1. The molecule has 3 aromatic rings. The standard InChI is InChI=1S/C24H29N3O4/c1-23(2,3)17-10-14(11-18(20(17)28)24(4,5)6)19-16-8-7-9-25-21(16)27(26-19)12-15-13-30-22(29)31-15/h7-11,15,28H,12-13H2,1-6H3. The third-order valence-electron chi connectivity index (χ3n) is 5.53. The molecular formula is C24H29N3O4. The second-order valence-electron chi connectivity index (χ2n) is 10.1. The van der Waals surface area contributed by atoms with Crippen molar-refractivity contribution in [1.82, 2.24) is 14.8 Å². The Balaban J connectivity index is 1.90. The number of aromatic nitrogens is 3. The Labute approximate surface area is 182 Å². The van der Waals surface area contributed by atoms with Crippen LogP contribution < -0.4 is 0 Å². The molecule has 4 rings (SSSR count). The van der Waals surface area contributed by atoms with Gasteiger partial charge in [-0.25, -0.2) is 14.5 Å². The number of nitrogens with zero attached hydrogens (tertiary/aromatic N) is 3. The van der Waals surface area contributed by atoms with E-state index in [1.54, 1.807) is 10.9 Å². The molecule has 1 aromatic carbocycles. The highest BCUT2D eigenvalue weighted by atomic mass is 16.8. The van der Waals surface area contributed by atoms with Crippen LogP contribution in [0.4, 0.5) is 4.79 Å². The summed E-state index contributed by atoms with van der Waals surface area (Å²) in [6.45, 7) is 13.1. The van der Waals surface area contributed by atoms with Crippen LogP contribution in [0.3, 0.4) is 0 Å². The van der Waals surface area contributed by atoms with Gasteiger partial charge in [-0.3, -0.25) is 0 Å². The third kappa shape index (κ3) is 3.96. The van der Waals surface area contributed by atoms with Crippen molar-refractivity contribution < 1.29 is 19.4 Å². The van der Waals surface area contributed by atoms with Crippen LogP contribution in [0.1, 0.15) is 52.7 Å². The van der Waals surface area contributed by atoms with Gasteiger partial charge in [0.1, 0.15) is 18.1 Å². The molecule has 0 radical (unpaired) electrons. The fourth-order valence-corrected chi connectivity index (χ4v) is 3.91. The number of phenols is 1. The molecule has 3 heterocycles. The number of carbonyl (C=O) groups excluding carboxylic acids is 1. The number of phenolic OH excluding ortho intramolecular Hbond substituents is 1. The average Bonchev–Trinajstić information content (AvgIpc) is 3.24. The van der Waals surface area contributed by atoms with E-state index in [1.165, 1.54) is 0 Å². The minimum Gasteiger partial charge on any atom is -0.507 e. The quantitative estimate of drug-likeness (QED) is 0.601. The van der Waals surface area contributed by atoms with Crippen LogP contribution in [0, 0.1) is 0 Å². The number of benzene rings is 1. The van der Waals surface area contributed by atoms with Crippen molar-refractivity contribution in [2.45, 2.75) is 65.0 Å². The van der Waals surface area contributed by atoms with Crippen molar-refractivity contribution in [1.29, 1.82) is 0 Å². The first-order chi connectivity index (χ1) is 14.4. The lowest BCUT2D eigenvalue weighted by Crippen LogP contribution is -2.19. The van der Waals surface area contributed by atoms with Crippen LogP contribution in [-0.4, -0.2) is 38.7 Å². The Bertz CT molecular complexity index is 1120. The minimum atomic E-state index is -0.655. The summed E-state index contributed by atoms with van der Waals surface area (Å²) in [6.07, 6.45) is 0.665. The average molecular weight is 424 g/mol. The van der Waals surface area contributed by atoms with Crippen LogP contribution in [0.25, 0.3) is 22.3 Å². The number of ether oxygens (including phenoxy) is 2. The molecule has 7 heteroatoms. The van der Waals surface area contributed by atoms with E-state index in [4.69, 9.17) is 14.6 Å². The van der Waals surface area contributed by atoms with Gasteiger partial charge in [0.15, 0.2) is 11.8 Å². The monoisotopic (exact) mass is 423 g/mol. The van der Waals surface area contributed by atoms with E-state index < -0.39 is 12.3 Å². The Morgan fingerprint density at radius 1 is 1.13 bits per heavy atom. The van der Waals surface area contributed by atoms with Crippen molar-refractivity contribution >= 4 is 17.2 Å². The number of aromatic hydroxyl groups is 1. The fraction of sp³-hybridized carbons (Fsp3) is 0.458. The summed E-state index contributed by atoms with van der Waals surface area (Å²) in [7, 11) is 0. The molecule has 1 aliphatic rings. The largest absolute Gasteiger partial charge is 0.508 e. The molecule has 0 aliphatic carbocycles. The molecule has 1 saturated heterocycles. The summed E-state index contributed by atoms with van der Waals surface area (Å²) in [6, 6.07) is 7.90. The van der Waals surface area contributed by atoms with Gasteiger partial charge in [-0.2, -0.15) is 5.10 Å². The van der Waals surface area contributed by atoms with Crippen LogP contribution in [0.5, 0.6) is 5.75 Å². The zero-order valence-corrected chi connectivity index (χ0v) is 18.9. The van der Waals surface area contributed by atoms with Gasteiger partial charge in [0.2, 0.25) is 0 Å². The van der Waals surface area contributed by atoms with Gasteiger partial charge in [0.25, 0.3) is 0 Å². The van der Waals surface area contributed by atoms with Crippen LogP contribution >= 0.6 is 0 Å². The molecule has 0 saturated carbocycles. The van der Waals surface area contributed by atoms with Crippen molar-refractivity contribution in [2.75, 3.05) is 6.61 Å². The Morgan fingerprint density at radius 2 is 1.77 bits per heavy atom. The topological polar surface area (TPSA) is 86.5 Å². The molecule has 2 aromatic heterocycles. The summed E-state index contributed by atoms with van der Waals surface area (Å²) < 4.78 is 11.9. The Morgan fingerprint density at radius 3 is 2.32 bits per heavy atom. The molecule has 1 unspecified atom stereocenters. The molecule has 1 atom stereocenters. The Hall–Kier alpha value is -3.09. The predicted molar refractivity (Wildman–Crippen MR) is 118 cm³/mol. The van der Waals surface area contributed by atoms with E-state index >= 15 is 0 Å². The first-order valence-corrected chi connectivity index (χ1v) is 10.5. The number of cyclic esters (lactones) is 2. The lowest BCUT2D eigenvalue weighted by atomic mass is 9.78. The van der Waals surface area contributed by atoms with Crippen molar-refractivity contribution in [2.24, 2.45) is 0 Å². The summed E-state index contributed by atoms with van der Waals surface area (Å²) in [5.41, 5.74) is 3.67. The molecule has 1 fully saturated rings. The van der Waals surface area contributed by atoms with Gasteiger partial charge >= 0.3 is 6.16 Å². The van der Waals surface area contributed by atoms with Gasteiger partial charge in [-0.1, -0.05) is 41.5 Å². The third-order valence-corrected chi connectivity index (χ3v) is 5.53. The van der Waals surface area contributed by atoms with Crippen molar-refractivity contribution in [3.05, 3.63) is 41.6 Å². The number of fused-ring (bicyclic) bond motifs is 1. The lowest BCUT2D eigenvalue weighted by molar-refractivity contribution is 0.113. The van der Waals surface area contributed by atoms with Gasteiger partial charge < -0.3 is 14.6 Å². The zero-order chi connectivity index (χ0) is 22.6. The fourth-order valence-electron chi connectivity index (χ4n) is 3.91. The molecule has 1 aliphatic heterocycles. The smallest absolute Gasteiger partial charge is 0.507 e. The summed E-state index contributed by atoms with van der Waals surface area (Å²) >= 11 is 0. The maximum Gasteiger partial charge on any atom is 0.508 e. The van der Waals surface area contributed by atoms with E-state index in [0.717, 1.165) is 27.8 Å². The molecule has 0 amide bonds. The number of pyridine rings is 1. The van der Waals surface area contributed by atoms with Crippen molar-refractivity contribution in [3.8, 4) is 17.0 Å². The highest BCUT2D eigenvalue weighted by molar-refractivity contribution is 5.91. The molecule has 1 N–H and O–H groups in total. The molecule has 0 bridgehead atoms. The number of rotatable bonds is 3. The van der Waals surface area contributed by atoms with Gasteiger partial charge in [-0.15, -0.1) is 0 Å². The number of hydrogen-bond acceptors (Lipinski definition) is 6. The second-order valence-corrected chi connectivity index (χ2v) is 10.1. The van der Waals surface area contributed by atoms with Gasteiger partial charge in [0.05, 0.1) is 6.54 Å². The maximum absolute atomic E-state index is 11.3. The van der Waals surface area contributed by atoms with Crippen LogP contribution in [-0.2, 0) is 26.8 Å². The molecule has 31 heavy (non-hydrogen) atoms. The SMILES string of the molecule is CC(C)(C)c1cc(-c2nn(CC3COC(=O)O3)c3ncccc23)cc(C(C)(C)C)c1O. The van der Waals surface area contributed by atoms with E-state index in [1.807, 2.05) is 24.3 Å². The van der Waals surface area contributed by atoms with Crippen molar-refractivity contribution in [3.63, 3.8) is 0 Å². The number of hydrogen-bond donors (Lipinski definition) is 1. The highest BCUT2D eigenvalue weighted by Gasteiger charge is 2.29. The van der Waals surface area contributed by atoms with Crippen LogP contribution in [0.2, 0.25) is 0 Å². The predicted octanol–water partition coefficient (Wildman–Crippen LogP) is 4.93. The summed E-state index contributed by atoms with van der Waals surface area (Å²) in [4.78, 5) is 15.8. The minimum absolute atomic E-state index is 0.198.